The van der Waals surface area contributed by atoms with E-state index in [1.807, 2.05) is 16.8 Å². The maximum absolute atomic E-state index is 4.44. The molecule has 0 fully saturated rings. The van der Waals surface area contributed by atoms with Gasteiger partial charge in [-0.15, -0.1) is 11.8 Å². The van der Waals surface area contributed by atoms with E-state index in [1.165, 1.54) is 0 Å². The minimum atomic E-state index is 0.658. The predicted molar refractivity (Wildman–Crippen MR) is 66.2 cm³/mol. The molecule has 0 spiro atoms. The summed E-state index contributed by atoms with van der Waals surface area (Å²) in [5, 5.41) is 0.989. The van der Waals surface area contributed by atoms with Gasteiger partial charge in [0, 0.05) is 24.3 Å². The van der Waals surface area contributed by atoms with E-state index in [2.05, 4.69) is 39.7 Å². The highest BCUT2D eigenvalue weighted by Crippen LogP contribution is 2.24. The van der Waals surface area contributed by atoms with Crippen molar-refractivity contribution in [1.29, 1.82) is 0 Å². The van der Waals surface area contributed by atoms with Crippen molar-refractivity contribution >= 4 is 33.3 Å². The van der Waals surface area contributed by atoms with Gasteiger partial charge < -0.3 is 4.40 Å². The number of rotatable bonds is 3. The van der Waals surface area contributed by atoms with Crippen molar-refractivity contribution in [1.82, 2.24) is 14.4 Å². The monoisotopic (exact) mass is 285 g/mol. The molecule has 0 saturated heterocycles. The van der Waals surface area contributed by atoms with Crippen LogP contribution in [0.2, 0.25) is 0 Å². The number of halogens is 1. The minimum Gasteiger partial charge on any atom is -0.302 e. The summed E-state index contributed by atoms with van der Waals surface area (Å²) in [6.07, 6.45) is 5.64. The quantitative estimate of drug-likeness (QED) is 0.811. The van der Waals surface area contributed by atoms with E-state index in [0.717, 1.165) is 21.0 Å². The predicted octanol–water partition coefficient (Wildman–Crippen LogP) is 3.24. The van der Waals surface area contributed by atoms with Gasteiger partial charge >= 0.3 is 0 Å². The highest BCUT2D eigenvalue weighted by molar-refractivity contribution is 9.10. The van der Waals surface area contributed by atoms with E-state index < -0.39 is 0 Å². The Morgan fingerprint density at radius 1 is 1.53 bits per heavy atom. The molecule has 0 amide bonds. The Bertz CT molecular complexity index is 467. The van der Waals surface area contributed by atoms with Gasteiger partial charge in [-0.05, 0) is 21.8 Å². The molecule has 2 heterocycles. The van der Waals surface area contributed by atoms with Crippen LogP contribution in [-0.2, 0) is 0 Å². The molecule has 5 heteroatoms. The summed E-state index contributed by atoms with van der Waals surface area (Å²) < 4.78 is 2.83. The molecule has 80 valence electrons. The molecule has 0 saturated carbocycles. The molecule has 0 aliphatic rings. The fourth-order valence-corrected chi connectivity index (χ4v) is 2.67. The number of nitrogens with zero attached hydrogens (tertiary/aromatic N) is 3. The van der Waals surface area contributed by atoms with Crippen LogP contribution in [0.15, 0.2) is 28.2 Å². The number of aromatic nitrogens is 3. The third-order valence-corrected chi connectivity index (χ3v) is 3.63. The Morgan fingerprint density at radius 3 is 3.07 bits per heavy atom. The van der Waals surface area contributed by atoms with E-state index in [4.69, 9.17) is 0 Å². The first-order valence-corrected chi connectivity index (χ1v) is 6.56. The number of hydrogen-bond acceptors (Lipinski definition) is 3. The Hall–Kier alpha value is -0.550. The van der Waals surface area contributed by atoms with Gasteiger partial charge in [-0.1, -0.05) is 13.8 Å². The summed E-state index contributed by atoms with van der Waals surface area (Å²) >= 11 is 5.15. The van der Waals surface area contributed by atoms with Gasteiger partial charge in [-0.2, -0.15) is 0 Å². The Kier molecular flexibility index (Phi) is 3.31. The van der Waals surface area contributed by atoms with Crippen molar-refractivity contribution in [2.75, 3.05) is 5.75 Å². The van der Waals surface area contributed by atoms with E-state index >= 15 is 0 Å². The summed E-state index contributed by atoms with van der Waals surface area (Å²) in [6, 6.07) is 0. The third kappa shape index (κ3) is 2.52. The molecular weight excluding hydrogens is 274 g/mol. The molecule has 0 unspecified atom stereocenters. The Labute approximate surface area is 101 Å². The van der Waals surface area contributed by atoms with Gasteiger partial charge in [0.25, 0.3) is 0 Å². The second-order valence-electron chi connectivity index (χ2n) is 3.73. The molecule has 15 heavy (non-hydrogen) atoms. The van der Waals surface area contributed by atoms with Crippen LogP contribution in [0.5, 0.6) is 0 Å². The smallest absolute Gasteiger partial charge is 0.169 e. The fourth-order valence-electron chi connectivity index (χ4n) is 1.22. The maximum Gasteiger partial charge on any atom is 0.169 e. The molecule has 0 aliphatic heterocycles. The van der Waals surface area contributed by atoms with Gasteiger partial charge in [0.05, 0.1) is 0 Å². The largest absolute Gasteiger partial charge is 0.302 e. The zero-order chi connectivity index (χ0) is 10.8. The van der Waals surface area contributed by atoms with Gasteiger partial charge in [-0.3, -0.25) is 0 Å². The van der Waals surface area contributed by atoms with Crippen molar-refractivity contribution in [3.63, 3.8) is 0 Å². The summed E-state index contributed by atoms with van der Waals surface area (Å²) in [7, 11) is 0. The first-order valence-electron chi connectivity index (χ1n) is 4.79. The third-order valence-electron chi connectivity index (χ3n) is 1.87. The molecule has 0 aliphatic carbocycles. The molecule has 0 atom stereocenters. The maximum atomic E-state index is 4.44. The fraction of sp³-hybridized carbons (Fsp3) is 0.400. The second kappa shape index (κ2) is 4.53. The lowest BCUT2D eigenvalue weighted by atomic mass is 10.3. The van der Waals surface area contributed by atoms with E-state index in [9.17, 15) is 0 Å². The first kappa shape index (κ1) is 11.0. The minimum absolute atomic E-state index is 0.658. The van der Waals surface area contributed by atoms with E-state index in [-0.39, 0.29) is 0 Å². The number of fused-ring (bicyclic) bond motifs is 1. The number of hydrogen-bond donors (Lipinski definition) is 0. The number of thioether (sulfide) groups is 1. The van der Waals surface area contributed by atoms with Crippen molar-refractivity contribution < 1.29 is 0 Å². The average molecular weight is 286 g/mol. The zero-order valence-corrected chi connectivity index (χ0v) is 11.0. The van der Waals surface area contributed by atoms with E-state index in [0.29, 0.717) is 5.92 Å². The topological polar surface area (TPSA) is 30.2 Å². The van der Waals surface area contributed by atoms with Crippen molar-refractivity contribution in [3.8, 4) is 0 Å². The molecule has 0 N–H and O–H groups in total. The highest BCUT2D eigenvalue weighted by Gasteiger charge is 2.07. The average Bonchev–Trinajstić information content (AvgIpc) is 2.61. The van der Waals surface area contributed by atoms with Gasteiger partial charge in [0.1, 0.15) is 9.63 Å². The van der Waals surface area contributed by atoms with Crippen LogP contribution in [0.25, 0.3) is 5.65 Å². The van der Waals surface area contributed by atoms with Crippen LogP contribution < -0.4 is 0 Å². The van der Waals surface area contributed by atoms with Crippen molar-refractivity contribution in [3.05, 3.63) is 23.2 Å². The second-order valence-corrected chi connectivity index (χ2v) is 5.55. The molecule has 0 radical (unpaired) electrons. The van der Waals surface area contributed by atoms with Gasteiger partial charge in [-0.25, -0.2) is 9.97 Å². The van der Waals surface area contributed by atoms with E-state index in [1.54, 1.807) is 18.0 Å². The van der Waals surface area contributed by atoms with Crippen LogP contribution in [0, 0.1) is 5.92 Å². The zero-order valence-electron chi connectivity index (χ0n) is 8.64. The van der Waals surface area contributed by atoms with Crippen LogP contribution in [-0.4, -0.2) is 20.1 Å². The molecule has 0 aromatic carbocycles. The lowest BCUT2D eigenvalue weighted by molar-refractivity contribution is 0.749. The lowest BCUT2D eigenvalue weighted by Crippen LogP contribution is -1.95. The summed E-state index contributed by atoms with van der Waals surface area (Å²) in [6.45, 7) is 4.40. The summed E-state index contributed by atoms with van der Waals surface area (Å²) in [5.41, 5.74) is 0.934. The van der Waals surface area contributed by atoms with Crippen molar-refractivity contribution in [2.24, 2.45) is 5.92 Å². The molecular formula is C10H12BrN3S. The summed E-state index contributed by atoms with van der Waals surface area (Å²) in [4.78, 5) is 8.74. The normalized spacial score (nSPS) is 11.5. The molecule has 3 nitrogen and oxygen atoms in total. The molecule has 2 aromatic rings. The molecule has 2 aromatic heterocycles. The number of imidazole rings is 1. The SMILES string of the molecule is CC(C)CSc1nc(Br)cn2ccnc12. The Balaban J connectivity index is 2.35. The van der Waals surface area contributed by atoms with Crippen LogP contribution >= 0.6 is 27.7 Å². The van der Waals surface area contributed by atoms with Crippen LogP contribution in [0.1, 0.15) is 13.8 Å². The standard InChI is InChI=1S/C10H12BrN3S/c1-7(2)6-15-10-9-12-3-4-14(9)5-8(11)13-10/h3-5,7H,6H2,1-2H3. The highest BCUT2D eigenvalue weighted by atomic mass is 79.9. The van der Waals surface area contributed by atoms with Crippen LogP contribution in [0.4, 0.5) is 0 Å². The molecule has 2 rings (SSSR count). The summed E-state index contributed by atoms with van der Waals surface area (Å²) in [5.74, 6) is 1.72. The molecule has 0 bridgehead atoms. The first-order chi connectivity index (χ1) is 7.16. The van der Waals surface area contributed by atoms with Gasteiger partial charge in [0.15, 0.2) is 5.65 Å². The van der Waals surface area contributed by atoms with Crippen LogP contribution in [0.3, 0.4) is 0 Å². The lowest BCUT2D eigenvalue weighted by Gasteiger charge is -2.05. The van der Waals surface area contributed by atoms with Crippen molar-refractivity contribution in [2.45, 2.75) is 18.9 Å². The Morgan fingerprint density at radius 2 is 2.33 bits per heavy atom. The van der Waals surface area contributed by atoms with Gasteiger partial charge in [0.2, 0.25) is 0 Å².